The molecule has 0 heterocycles. The Morgan fingerprint density at radius 3 is 2.64 bits per heavy atom. The van der Waals surface area contributed by atoms with Gasteiger partial charge in [0.05, 0.1) is 0 Å². The Morgan fingerprint density at radius 2 is 2.07 bits per heavy atom. The Labute approximate surface area is 94.8 Å². The predicted molar refractivity (Wildman–Crippen MR) is 65.3 cm³/mol. The van der Waals surface area contributed by atoms with E-state index in [1.165, 1.54) is 11.1 Å². The first-order valence-corrected chi connectivity index (χ1v) is 5.87. The zero-order chi connectivity index (χ0) is 10.7. The summed E-state index contributed by atoms with van der Waals surface area (Å²) in [5.74, 6) is 0.521. The van der Waals surface area contributed by atoms with Crippen molar-refractivity contribution in [2.24, 2.45) is 11.7 Å². The van der Waals surface area contributed by atoms with Crippen LogP contribution in [0.1, 0.15) is 37.4 Å². The minimum atomic E-state index is 0.134. The number of nitrogens with two attached hydrogens (primary N) is 1. The highest BCUT2D eigenvalue weighted by atomic mass is 79.9. The van der Waals surface area contributed by atoms with E-state index in [4.69, 9.17) is 5.73 Å². The minimum Gasteiger partial charge on any atom is -0.324 e. The number of benzene rings is 1. The van der Waals surface area contributed by atoms with Gasteiger partial charge in [-0.2, -0.15) is 0 Å². The van der Waals surface area contributed by atoms with Crippen LogP contribution in [-0.2, 0) is 0 Å². The highest BCUT2D eigenvalue weighted by Gasteiger charge is 2.16. The van der Waals surface area contributed by atoms with Crippen molar-refractivity contribution in [3.8, 4) is 0 Å². The lowest BCUT2D eigenvalue weighted by Gasteiger charge is -2.20. The molecule has 0 spiro atoms. The third kappa shape index (κ3) is 2.37. The topological polar surface area (TPSA) is 26.0 Å². The molecule has 0 aliphatic rings. The first kappa shape index (κ1) is 11.7. The molecule has 0 amide bonds. The van der Waals surface area contributed by atoms with E-state index in [0.717, 1.165) is 10.9 Å². The smallest absolute Gasteiger partial charge is 0.0332 e. The van der Waals surface area contributed by atoms with Gasteiger partial charge in [-0.05, 0) is 24.0 Å². The molecule has 1 rings (SSSR count). The van der Waals surface area contributed by atoms with Gasteiger partial charge in [-0.25, -0.2) is 0 Å². The molecule has 0 aromatic heterocycles. The largest absolute Gasteiger partial charge is 0.324 e. The fraction of sp³-hybridized carbons (Fsp3) is 0.500. The Balaban J connectivity index is 3.01. The van der Waals surface area contributed by atoms with Crippen LogP contribution in [0.15, 0.2) is 22.7 Å². The third-order valence-corrected chi connectivity index (χ3v) is 3.92. The van der Waals surface area contributed by atoms with Gasteiger partial charge in [0, 0.05) is 10.5 Å². The van der Waals surface area contributed by atoms with Crippen molar-refractivity contribution in [3.05, 3.63) is 33.8 Å². The SMILES string of the molecule is CCC(C)C(N)c1cccc(C)c1Br. The van der Waals surface area contributed by atoms with Gasteiger partial charge < -0.3 is 5.73 Å². The third-order valence-electron chi connectivity index (χ3n) is 2.84. The second kappa shape index (κ2) is 4.94. The van der Waals surface area contributed by atoms with Crippen molar-refractivity contribution in [3.63, 3.8) is 0 Å². The normalized spacial score (nSPS) is 15.2. The van der Waals surface area contributed by atoms with Crippen molar-refractivity contribution in [1.29, 1.82) is 0 Å². The highest BCUT2D eigenvalue weighted by Crippen LogP contribution is 2.30. The number of hydrogen-bond acceptors (Lipinski definition) is 1. The van der Waals surface area contributed by atoms with E-state index in [1.807, 2.05) is 0 Å². The molecule has 0 radical (unpaired) electrons. The lowest BCUT2D eigenvalue weighted by molar-refractivity contribution is 0.455. The van der Waals surface area contributed by atoms with Crippen molar-refractivity contribution in [2.75, 3.05) is 0 Å². The van der Waals surface area contributed by atoms with Crippen LogP contribution in [0, 0.1) is 12.8 Å². The average Bonchev–Trinajstić information content (AvgIpc) is 2.20. The van der Waals surface area contributed by atoms with Crippen LogP contribution in [0.4, 0.5) is 0 Å². The molecule has 1 aromatic rings. The zero-order valence-electron chi connectivity index (χ0n) is 9.05. The maximum absolute atomic E-state index is 6.19. The van der Waals surface area contributed by atoms with E-state index in [2.05, 4.69) is 54.9 Å². The molecule has 2 N–H and O–H groups in total. The molecule has 0 bridgehead atoms. The highest BCUT2D eigenvalue weighted by molar-refractivity contribution is 9.10. The van der Waals surface area contributed by atoms with Crippen molar-refractivity contribution in [2.45, 2.75) is 33.2 Å². The van der Waals surface area contributed by atoms with E-state index >= 15 is 0 Å². The lowest BCUT2D eigenvalue weighted by Crippen LogP contribution is -2.19. The molecule has 0 saturated carbocycles. The minimum absolute atomic E-state index is 0.134. The summed E-state index contributed by atoms with van der Waals surface area (Å²) >= 11 is 3.60. The molecule has 1 nitrogen and oxygen atoms in total. The summed E-state index contributed by atoms with van der Waals surface area (Å²) in [5, 5.41) is 0. The summed E-state index contributed by atoms with van der Waals surface area (Å²) in [4.78, 5) is 0. The average molecular weight is 256 g/mol. The molecule has 78 valence electrons. The van der Waals surface area contributed by atoms with Crippen LogP contribution in [0.5, 0.6) is 0 Å². The van der Waals surface area contributed by atoms with Crippen molar-refractivity contribution >= 4 is 15.9 Å². The van der Waals surface area contributed by atoms with Gasteiger partial charge in [-0.15, -0.1) is 0 Å². The Hall–Kier alpha value is -0.340. The lowest BCUT2D eigenvalue weighted by atomic mass is 9.92. The Morgan fingerprint density at radius 1 is 1.43 bits per heavy atom. The summed E-state index contributed by atoms with van der Waals surface area (Å²) in [6, 6.07) is 6.40. The number of hydrogen-bond donors (Lipinski definition) is 1. The maximum atomic E-state index is 6.19. The van der Waals surface area contributed by atoms with Gasteiger partial charge in [0.15, 0.2) is 0 Å². The van der Waals surface area contributed by atoms with Gasteiger partial charge in [0.25, 0.3) is 0 Å². The summed E-state index contributed by atoms with van der Waals surface area (Å²) < 4.78 is 1.16. The molecule has 2 atom stereocenters. The van der Waals surface area contributed by atoms with Crippen molar-refractivity contribution < 1.29 is 0 Å². The van der Waals surface area contributed by atoms with Gasteiger partial charge in [-0.1, -0.05) is 54.4 Å². The predicted octanol–water partition coefficient (Wildman–Crippen LogP) is 3.80. The van der Waals surface area contributed by atoms with Crippen LogP contribution < -0.4 is 5.73 Å². The van der Waals surface area contributed by atoms with Gasteiger partial charge in [0.1, 0.15) is 0 Å². The standard InChI is InChI=1S/C12H18BrN/c1-4-8(2)12(14)10-7-5-6-9(3)11(10)13/h5-8,12H,4,14H2,1-3H3. The molecule has 14 heavy (non-hydrogen) atoms. The molecule has 0 fully saturated rings. The van der Waals surface area contributed by atoms with E-state index in [0.29, 0.717) is 5.92 Å². The molecule has 2 unspecified atom stereocenters. The first-order valence-electron chi connectivity index (χ1n) is 5.08. The number of rotatable bonds is 3. The van der Waals surface area contributed by atoms with E-state index in [1.54, 1.807) is 0 Å². The second-order valence-electron chi connectivity index (χ2n) is 3.89. The van der Waals surface area contributed by atoms with Gasteiger partial charge >= 0.3 is 0 Å². The molecule has 0 aliphatic heterocycles. The Bertz CT molecular complexity index is 309. The molecule has 0 aliphatic carbocycles. The van der Waals surface area contributed by atoms with Crippen LogP contribution in [-0.4, -0.2) is 0 Å². The monoisotopic (exact) mass is 255 g/mol. The van der Waals surface area contributed by atoms with Crippen LogP contribution in [0.2, 0.25) is 0 Å². The first-order chi connectivity index (χ1) is 6.57. The second-order valence-corrected chi connectivity index (χ2v) is 4.68. The summed E-state index contributed by atoms with van der Waals surface area (Å²) in [6.45, 7) is 6.46. The van der Waals surface area contributed by atoms with Gasteiger partial charge in [0.2, 0.25) is 0 Å². The van der Waals surface area contributed by atoms with Crippen LogP contribution >= 0.6 is 15.9 Å². The van der Waals surface area contributed by atoms with E-state index < -0.39 is 0 Å². The Kier molecular flexibility index (Phi) is 4.14. The number of aryl methyl sites for hydroxylation is 1. The van der Waals surface area contributed by atoms with E-state index in [-0.39, 0.29) is 6.04 Å². The molecular weight excluding hydrogens is 238 g/mol. The number of halogens is 1. The molecule has 1 aromatic carbocycles. The maximum Gasteiger partial charge on any atom is 0.0332 e. The van der Waals surface area contributed by atoms with Crippen LogP contribution in [0.25, 0.3) is 0 Å². The summed E-state index contributed by atoms with van der Waals surface area (Å²) in [7, 11) is 0. The zero-order valence-corrected chi connectivity index (χ0v) is 10.6. The van der Waals surface area contributed by atoms with Crippen molar-refractivity contribution in [1.82, 2.24) is 0 Å². The fourth-order valence-corrected chi connectivity index (χ4v) is 2.02. The fourth-order valence-electron chi connectivity index (χ4n) is 1.49. The molecule has 2 heteroatoms. The van der Waals surface area contributed by atoms with Crippen LogP contribution in [0.3, 0.4) is 0 Å². The quantitative estimate of drug-likeness (QED) is 0.874. The molecular formula is C12H18BrN. The summed E-state index contributed by atoms with van der Waals surface area (Å²) in [5.41, 5.74) is 8.66. The summed E-state index contributed by atoms with van der Waals surface area (Å²) in [6.07, 6.45) is 1.11. The van der Waals surface area contributed by atoms with Gasteiger partial charge in [-0.3, -0.25) is 0 Å². The van der Waals surface area contributed by atoms with E-state index in [9.17, 15) is 0 Å². The molecule has 0 saturated heterocycles.